The van der Waals surface area contributed by atoms with E-state index in [2.05, 4.69) is 5.32 Å². The number of nitrogens with one attached hydrogen (secondary N) is 1. The number of allylic oxidation sites excluding steroid dienone is 1. The van der Waals surface area contributed by atoms with E-state index in [1.807, 2.05) is 24.3 Å². The number of piperidine rings is 1. The summed E-state index contributed by atoms with van der Waals surface area (Å²) in [4.78, 5) is 12.5. The maximum Gasteiger partial charge on any atom is 0.254 e. The Balaban J connectivity index is 1.97. The summed E-state index contributed by atoms with van der Waals surface area (Å²) in [5.41, 5.74) is 0.944. The molecule has 1 aliphatic carbocycles. The van der Waals surface area contributed by atoms with Crippen molar-refractivity contribution in [3.8, 4) is 5.75 Å². The van der Waals surface area contributed by atoms with Gasteiger partial charge in [0, 0.05) is 23.8 Å². The molecule has 2 N–H and O–H groups in total. The van der Waals surface area contributed by atoms with Gasteiger partial charge in [-0.25, -0.2) is 0 Å². The number of aliphatic hydroxyl groups excluding tert-OH is 1. The Hall–Kier alpha value is -1.97. The lowest BCUT2D eigenvalue weighted by Crippen LogP contribution is -2.66. The Morgan fingerprint density at radius 1 is 1.38 bits per heavy atom. The molecule has 2 heterocycles. The summed E-state index contributed by atoms with van der Waals surface area (Å²) in [6.07, 6.45) is 4.05. The molecule has 4 nitrogen and oxygen atoms in total. The van der Waals surface area contributed by atoms with Crippen LogP contribution in [0.2, 0.25) is 0 Å². The van der Waals surface area contributed by atoms with Gasteiger partial charge in [0.1, 0.15) is 5.75 Å². The van der Waals surface area contributed by atoms with Crippen LogP contribution in [0.1, 0.15) is 44.1 Å². The first kappa shape index (κ1) is 12.7. The fraction of sp³-hybridized carbons (Fsp3) is 0.471. The molecule has 4 rings (SSSR count). The molecule has 3 atom stereocenters. The minimum Gasteiger partial charge on any atom is -0.512 e. The lowest BCUT2D eigenvalue weighted by atomic mass is 9.64. The topological polar surface area (TPSA) is 58.6 Å². The summed E-state index contributed by atoms with van der Waals surface area (Å²) in [5.74, 6) is 0.908. The van der Waals surface area contributed by atoms with Crippen LogP contribution in [0.5, 0.6) is 5.75 Å². The van der Waals surface area contributed by atoms with E-state index in [4.69, 9.17) is 4.74 Å². The first-order valence-electron chi connectivity index (χ1n) is 7.62. The summed E-state index contributed by atoms with van der Waals surface area (Å²) in [7, 11) is 0. The number of ether oxygens (including phenoxy) is 1. The second-order valence-electron chi connectivity index (χ2n) is 6.31. The number of hydrogen-bond donors (Lipinski definition) is 2. The minimum atomic E-state index is -0.590. The molecular weight excluding hydrogens is 266 g/mol. The standard InChI is InChI=1S/C17H19NO3/c1-10(19)14-15-11-6-2-3-8-13(11)21-17(18-16(14)20)9-5-4-7-12(15)17/h2-3,6,8,12,15,19H,4-5,7,9H2,1H3,(H,18,20)/b14-10-. The molecule has 1 saturated carbocycles. The number of benzene rings is 1. The van der Waals surface area contributed by atoms with Crippen molar-refractivity contribution >= 4 is 5.91 Å². The monoisotopic (exact) mass is 285 g/mol. The highest BCUT2D eigenvalue weighted by atomic mass is 16.5. The number of carbonyl (C=O) groups excluding carboxylic acids is 1. The zero-order valence-corrected chi connectivity index (χ0v) is 12.1. The molecule has 3 unspecified atom stereocenters. The molecule has 0 radical (unpaired) electrons. The number of carbonyl (C=O) groups is 1. The molecule has 1 amide bonds. The molecule has 2 aliphatic heterocycles. The molecule has 0 spiro atoms. The van der Waals surface area contributed by atoms with Gasteiger partial charge in [-0.05, 0) is 25.8 Å². The van der Waals surface area contributed by atoms with E-state index in [-0.39, 0.29) is 23.5 Å². The van der Waals surface area contributed by atoms with Gasteiger partial charge >= 0.3 is 0 Å². The first-order valence-corrected chi connectivity index (χ1v) is 7.62. The second-order valence-corrected chi connectivity index (χ2v) is 6.31. The van der Waals surface area contributed by atoms with Gasteiger partial charge in [-0.1, -0.05) is 24.6 Å². The van der Waals surface area contributed by atoms with E-state index in [9.17, 15) is 9.90 Å². The van der Waals surface area contributed by atoms with Gasteiger partial charge < -0.3 is 15.2 Å². The Labute approximate surface area is 123 Å². The molecule has 1 saturated heterocycles. The van der Waals surface area contributed by atoms with Crippen LogP contribution >= 0.6 is 0 Å². The van der Waals surface area contributed by atoms with Crippen LogP contribution in [0.15, 0.2) is 35.6 Å². The van der Waals surface area contributed by atoms with Crippen molar-refractivity contribution in [2.45, 2.75) is 44.2 Å². The van der Waals surface area contributed by atoms with Gasteiger partial charge in [0.2, 0.25) is 0 Å². The van der Waals surface area contributed by atoms with Crippen LogP contribution in [-0.2, 0) is 4.79 Å². The Morgan fingerprint density at radius 2 is 2.19 bits per heavy atom. The Morgan fingerprint density at radius 3 is 3.00 bits per heavy atom. The summed E-state index contributed by atoms with van der Waals surface area (Å²) < 4.78 is 6.26. The molecule has 21 heavy (non-hydrogen) atoms. The Kier molecular flexibility index (Phi) is 2.59. The number of para-hydroxylation sites is 1. The minimum absolute atomic E-state index is 0.0611. The van der Waals surface area contributed by atoms with Crippen molar-refractivity contribution < 1.29 is 14.6 Å². The molecule has 1 aromatic carbocycles. The lowest BCUT2D eigenvalue weighted by Gasteiger charge is -2.54. The van der Waals surface area contributed by atoms with Crippen molar-refractivity contribution in [3.63, 3.8) is 0 Å². The molecule has 1 aromatic rings. The largest absolute Gasteiger partial charge is 0.512 e. The highest BCUT2D eigenvalue weighted by molar-refractivity contribution is 5.97. The van der Waals surface area contributed by atoms with Crippen molar-refractivity contribution in [2.75, 3.05) is 0 Å². The number of rotatable bonds is 0. The van der Waals surface area contributed by atoms with Gasteiger partial charge in [-0.15, -0.1) is 0 Å². The summed E-state index contributed by atoms with van der Waals surface area (Å²) in [6.45, 7) is 1.60. The summed E-state index contributed by atoms with van der Waals surface area (Å²) >= 11 is 0. The number of hydrogen-bond acceptors (Lipinski definition) is 3. The van der Waals surface area contributed by atoms with Crippen molar-refractivity contribution in [2.24, 2.45) is 5.92 Å². The highest BCUT2D eigenvalue weighted by Crippen LogP contribution is 2.55. The van der Waals surface area contributed by atoms with E-state index >= 15 is 0 Å². The van der Waals surface area contributed by atoms with Crippen LogP contribution < -0.4 is 10.1 Å². The van der Waals surface area contributed by atoms with Gasteiger partial charge in [0.25, 0.3) is 5.91 Å². The van der Waals surface area contributed by atoms with E-state index in [1.165, 1.54) is 0 Å². The summed E-state index contributed by atoms with van der Waals surface area (Å²) in [5, 5.41) is 13.1. The van der Waals surface area contributed by atoms with Crippen LogP contribution in [0.4, 0.5) is 0 Å². The van der Waals surface area contributed by atoms with Gasteiger partial charge in [0.05, 0.1) is 11.3 Å². The molecule has 110 valence electrons. The highest BCUT2D eigenvalue weighted by Gasteiger charge is 2.57. The van der Waals surface area contributed by atoms with E-state index < -0.39 is 5.72 Å². The van der Waals surface area contributed by atoms with E-state index in [0.717, 1.165) is 37.0 Å². The Bertz CT molecular complexity index is 647. The number of amides is 1. The fourth-order valence-electron chi connectivity index (χ4n) is 4.30. The molecule has 4 heteroatoms. The van der Waals surface area contributed by atoms with Crippen molar-refractivity contribution in [3.05, 3.63) is 41.2 Å². The molecule has 0 aromatic heterocycles. The van der Waals surface area contributed by atoms with Crippen molar-refractivity contribution in [1.29, 1.82) is 0 Å². The third-order valence-electron chi connectivity index (χ3n) is 5.13. The predicted octanol–water partition coefficient (Wildman–Crippen LogP) is 3.01. The van der Waals surface area contributed by atoms with Crippen LogP contribution in [0, 0.1) is 5.92 Å². The SMILES string of the molecule is C/C(O)=C1/C(=O)NC23CCCCC2C1c1ccccc1O3. The molecular formula is C17H19NO3. The summed E-state index contributed by atoms with van der Waals surface area (Å²) in [6, 6.07) is 7.89. The van der Waals surface area contributed by atoms with Gasteiger partial charge in [0.15, 0.2) is 5.72 Å². The average Bonchev–Trinajstić information content (AvgIpc) is 2.45. The number of fused-ring (bicyclic) bond motifs is 2. The molecule has 3 aliphatic rings. The average molecular weight is 285 g/mol. The van der Waals surface area contributed by atoms with E-state index in [0.29, 0.717) is 5.57 Å². The fourth-order valence-corrected chi connectivity index (χ4v) is 4.30. The van der Waals surface area contributed by atoms with Gasteiger partial charge in [-0.2, -0.15) is 0 Å². The normalized spacial score (nSPS) is 36.0. The van der Waals surface area contributed by atoms with Crippen LogP contribution in [-0.4, -0.2) is 16.7 Å². The molecule has 2 bridgehead atoms. The quantitative estimate of drug-likeness (QED) is 0.569. The zero-order valence-electron chi connectivity index (χ0n) is 12.1. The third kappa shape index (κ3) is 1.65. The van der Waals surface area contributed by atoms with Gasteiger partial charge in [-0.3, -0.25) is 4.79 Å². The maximum atomic E-state index is 12.5. The number of aliphatic hydroxyl groups is 1. The van der Waals surface area contributed by atoms with E-state index in [1.54, 1.807) is 6.92 Å². The zero-order chi connectivity index (χ0) is 14.6. The lowest BCUT2D eigenvalue weighted by molar-refractivity contribution is -0.140. The first-order chi connectivity index (χ1) is 10.1. The van der Waals surface area contributed by atoms with Crippen LogP contribution in [0.3, 0.4) is 0 Å². The smallest absolute Gasteiger partial charge is 0.254 e. The van der Waals surface area contributed by atoms with Crippen molar-refractivity contribution in [1.82, 2.24) is 5.32 Å². The van der Waals surface area contributed by atoms with Crippen LogP contribution in [0.25, 0.3) is 0 Å². The maximum absolute atomic E-state index is 12.5. The third-order valence-corrected chi connectivity index (χ3v) is 5.13. The second kappa shape index (κ2) is 4.26. The molecule has 2 fully saturated rings. The predicted molar refractivity (Wildman–Crippen MR) is 78.0 cm³/mol.